The van der Waals surface area contributed by atoms with Crippen LogP contribution in [0.25, 0.3) is 0 Å². The Morgan fingerprint density at radius 3 is 2.71 bits per heavy atom. The highest BCUT2D eigenvalue weighted by Gasteiger charge is 2.41. The second kappa shape index (κ2) is 5.73. The van der Waals surface area contributed by atoms with Gasteiger partial charge in [0.25, 0.3) is 0 Å². The number of hydrogen-bond acceptors (Lipinski definition) is 2. The molecule has 0 bridgehead atoms. The van der Waals surface area contributed by atoms with Crippen molar-refractivity contribution >= 4 is 0 Å². The third-order valence-corrected chi connectivity index (χ3v) is 5.74. The monoisotopic (exact) mass is 286 g/mol. The Bertz CT molecular complexity index is 506. The van der Waals surface area contributed by atoms with Crippen molar-refractivity contribution < 1.29 is 0 Å². The van der Waals surface area contributed by atoms with Crippen LogP contribution in [0.15, 0.2) is 18.2 Å². The highest BCUT2D eigenvalue weighted by atomic mass is 15.3. The van der Waals surface area contributed by atoms with E-state index in [0.717, 1.165) is 25.0 Å². The Balaban J connectivity index is 1.79. The van der Waals surface area contributed by atoms with Gasteiger partial charge in [-0.2, -0.15) is 0 Å². The molecule has 116 valence electrons. The number of hydrogen-bond donors (Lipinski definition) is 1. The normalized spacial score (nSPS) is 30.6. The number of piperazine rings is 1. The number of aryl methyl sites for hydroxylation is 2. The molecule has 1 aliphatic carbocycles. The Labute approximate surface area is 129 Å². The minimum absolute atomic E-state index is 0.293. The van der Waals surface area contributed by atoms with Crippen molar-refractivity contribution in [3.8, 4) is 0 Å². The van der Waals surface area contributed by atoms with Gasteiger partial charge in [0.15, 0.2) is 0 Å². The van der Waals surface area contributed by atoms with Crippen LogP contribution in [0.1, 0.15) is 49.8 Å². The van der Waals surface area contributed by atoms with Crippen LogP contribution < -0.4 is 5.32 Å². The van der Waals surface area contributed by atoms with Crippen LogP contribution in [0.3, 0.4) is 0 Å². The second-order valence-corrected chi connectivity index (χ2v) is 7.49. The minimum atomic E-state index is 0.293. The first kappa shape index (κ1) is 15.1. The highest BCUT2D eigenvalue weighted by molar-refractivity contribution is 5.30. The lowest BCUT2D eigenvalue weighted by molar-refractivity contribution is 0.0368. The molecule has 2 heteroatoms. The van der Waals surface area contributed by atoms with Gasteiger partial charge in [0.1, 0.15) is 0 Å². The van der Waals surface area contributed by atoms with Crippen LogP contribution >= 0.6 is 0 Å². The first-order valence-electron chi connectivity index (χ1n) is 8.56. The molecule has 0 amide bonds. The molecule has 1 N–H and O–H groups in total. The molecule has 0 radical (unpaired) electrons. The molecule has 2 aliphatic rings. The summed E-state index contributed by atoms with van der Waals surface area (Å²) < 4.78 is 0. The molecule has 2 atom stereocenters. The average Bonchev–Trinajstić information content (AvgIpc) is 3.30. The van der Waals surface area contributed by atoms with E-state index in [1.807, 2.05) is 0 Å². The highest BCUT2D eigenvalue weighted by Crippen LogP contribution is 2.37. The molecule has 1 aliphatic heterocycles. The fourth-order valence-corrected chi connectivity index (χ4v) is 3.58. The predicted octanol–water partition coefficient (Wildman–Crippen LogP) is 3.66. The maximum absolute atomic E-state index is 3.82. The Morgan fingerprint density at radius 1 is 1.29 bits per heavy atom. The fraction of sp³-hybridized carbons (Fsp3) is 0.684. The lowest BCUT2D eigenvalue weighted by Crippen LogP contribution is -2.63. The van der Waals surface area contributed by atoms with Gasteiger partial charge in [-0.25, -0.2) is 0 Å². The van der Waals surface area contributed by atoms with Crippen molar-refractivity contribution in [2.75, 3.05) is 13.1 Å². The Morgan fingerprint density at radius 2 is 2.05 bits per heavy atom. The fourth-order valence-electron chi connectivity index (χ4n) is 3.58. The first-order valence-corrected chi connectivity index (χ1v) is 8.56. The van der Waals surface area contributed by atoms with Crippen LogP contribution in [0.4, 0.5) is 0 Å². The number of benzene rings is 1. The van der Waals surface area contributed by atoms with E-state index in [2.05, 4.69) is 56.1 Å². The maximum atomic E-state index is 3.82. The summed E-state index contributed by atoms with van der Waals surface area (Å²) >= 11 is 0. The van der Waals surface area contributed by atoms with E-state index in [-0.39, 0.29) is 0 Å². The third-order valence-electron chi connectivity index (χ3n) is 5.74. The van der Waals surface area contributed by atoms with E-state index in [1.165, 1.54) is 42.5 Å². The Hall–Kier alpha value is -0.860. The zero-order valence-electron chi connectivity index (χ0n) is 14.1. The molecule has 0 aromatic heterocycles. The molecule has 2 nitrogen and oxygen atoms in total. The molecular weight excluding hydrogens is 256 g/mol. The quantitative estimate of drug-likeness (QED) is 0.909. The average molecular weight is 286 g/mol. The molecular formula is C19H30N2. The number of rotatable bonds is 4. The van der Waals surface area contributed by atoms with Gasteiger partial charge in [0.05, 0.1) is 0 Å². The van der Waals surface area contributed by atoms with Crippen molar-refractivity contribution in [1.29, 1.82) is 0 Å². The van der Waals surface area contributed by atoms with Crippen LogP contribution in [0.2, 0.25) is 0 Å². The third kappa shape index (κ3) is 3.17. The molecule has 21 heavy (non-hydrogen) atoms. The van der Waals surface area contributed by atoms with Gasteiger partial charge < -0.3 is 5.32 Å². The van der Waals surface area contributed by atoms with E-state index in [1.54, 1.807) is 0 Å². The van der Waals surface area contributed by atoms with Crippen LogP contribution in [-0.4, -0.2) is 29.6 Å². The van der Waals surface area contributed by atoms with Crippen molar-refractivity contribution in [2.24, 2.45) is 5.92 Å². The molecule has 0 spiro atoms. The van der Waals surface area contributed by atoms with Crippen LogP contribution in [0.5, 0.6) is 0 Å². The summed E-state index contributed by atoms with van der Waals surface area (Å²) in [5.74, 6) is 0.938. The smallest absolute Gasteiger partial charge is 0.0307 e. The SMILES string of the molecule is CCC1(C)CNC(C2CC2)CN1Cc1cc(C)ccc1C. The zero-order chi connectivity index (χ0) is 15.0. The summed E-state index contributed by atoms with van der Waals surface area (Å²) in [6.45, 7) is 12.6. The maximum Gasteiger partial charge on any atom is 0.0307 e. The molecule has 3 rings (SSSR count). The van der Waals surface area contributed by atoms with Crippen molar-refractivity contribution in [2.45, 2.75) is 65.1 Å². The van der Waals surface area contributed by atoms with Gasteiger partial charge in [-0.3, -0.25) is 4.90 Å². The molecule has 1 heterocycles. The van der Waals surface area contributed by atoms with Gasteiger partial charge in [0, 0.05) is 31.2 Å². The van der Waals surface area contributed by atoms with Crippen LogP contribution in [-0.2, 0) is 6.54 Å². The summed E-state index contributed by atoms with van der Waals surface area (Å²) in [5, 5.41) is 3.82. The van der Waals surface area contributed by atoms with E-state index in [4.69, 9.17) is 0 Å². The van der Waals surface area contributed by atoms with Crippen molar-refractivity contribution in [3.05, 3.63) is 34.9 Å². The van der Waals surface area contributed by atoms with E-state index < -0.39 is 0 Å². The second-order valence-electron chi connectivity index (χ2n) is 7.49. The topological polar surface area (TPSA) is 15.3 Å². The van der Waals surface area contributed by atoms with Gasteiger partial charge in [-0.15, -0.1) is 0 Å². The molecule has 1 saturated carbocycles. The molecule has 1 saturated heterocycles. The standard InChI is InChI=1S/C19H30N2/c1-5-19(4)13-20-18(16-8-9-16)12-21(19)11-17-10-14(2)6-7-15(17)3/h6-7,10,16,18,20H,5,8-9,11-13H2,1-4H3. The number of nitrogens with one attached hydrogen (secondary N) is 1. The largest absolute Gasteiger partial charge is 0.311 e. The van der Waals surface area contributed by atoms with Gasteiger partial charge in [-0.1, -0.05) is 30.7 Å². The van der Waals surface area contributed by atoms with E-state index in [0.29, 0.717) is 5.54 Å². The first-order chi connectivity index (χ1) is 10.0. The molecule has 1 aromatic rings. The lowest BCUT2D eigenvalue weighted by Gasteiger charge is -2.48. The summed E-state index contributed by atoms with van der Waals surface area (Å²) in [6, 6.07) is 7.59. The summed E-state index contributed by atoms with van der Waals surface area (Å²) in [7, 11) is 0. The van der Waals surface area contributed by atoms with E-state index in [9.17, 15) is 0 Å². The minimum Gasteiger partial charge on any atom is -0.311 e. The Kier molecular flexibility index (Phi) is 4.11. The zero-order valence-corrected chi connectivity index (χ0v) is 14.1. The van der Waals surface area contributed by atoms with E-state index >= 15 is 0 Å². The molecule has 1 aromatic carbocycles. The predicted molar refractivity (Wildman–Crippen MR) is 89.5 cm³/mol. The van der Waals surface area contributed by atoms with Gasteiger partial charge >= 0.3 is 0 Å². The lowest BCUT2D eigenvalue weighted by atomic mass is 9.90. The number of nitrogens with zero attached hydrogens (tertiary/aromatic N) is 1. The molecule has 2 unspecified atom stereocenters. The van der Waals surface area contributed by atoms with Crippen LogP contribution in [0, 0.1) is 19.8 Å². The van der Waals surface area contributed by atoms with Gasteiger partial charge in [0.2, 0.25) is 0 Å². The summed E-state index contributed by atoms with van der Waals surface area (Å²) in [6.07, 6.45) is 4.07. The molecule has 2 fully saturated rings. The summed E-state index contributed by atoms with van der Waals surface area (Å²) in [5.41, 5.74) is 4.61. The van der Waals surface area contributed by atoms with Crippen molar-refractivity contribution in [3.63, 3.8) is 0 Å². The van der Waals surface area contributed by atoms with Crippen molar-refractivity contribution in [1.82, 2.24) is 10.2 Å². The van der Waals surface area contributed by atoms with Gasteiger partial charge in [-0.05, 0) is 57.1 Å². The summed E-state index contributed by atoms with van der Waals surface area (Å²) in [4.78, 5) is 2.74.